The molecule has 34 heavy (non-hydrogen) atoms. The standard InChI is InChI=1S/C26H33NO7/c1-30-20-16-24(33-4)26(25(17-20)34-14-13-27-11-9-19(28)10-12-27)21(29)7-5-18-6-8-22(31-2)23(15-18)32-3/h5-8,15-17,19,28H,9-14H2,1-4H3/b7-5+. The summed E-state index contributed by atoms with van der Waals surface area (Å²) in [5.74, 6) is 2.24. The first-order chi connectivity index (χ1) is 16.5. The maximum atomic E-state index is 13.2. The van der Waals surface area contributed by atoms with E-state index in [1.54, 1.807) is 51.7 Å². The molecule has 1 N–H and O–H groups in total. The molecule has 0 bridgehead atoms. The summed E-state index contributed by atoms with van der Waals surface area (Å²) in [4.78, 5) is 15.5. The van der Waals surface area contributed by atoms with Gasteiger partial charge in [0.2, 0.25) is 0 Å². The SMILES string of the molecule is COc1cc(OC)c(C(=O)/C=C/c2ccc(OC)c(OC)c2)c(OCCN2CCC(O)CC2)c1. The van der Waals surface area contributed by atoms with Crippen molar-refractivity contribution in [3.8, 4) is 28.7 Å². The van der Waals surface area contributed by atoms with Gasteiger partial charge in [-0.1, -0.05) is 12.1 Å². The molecule has 1 aliphatic rings. The maximum absolute atomic E-state index is 13.2. The first-order valence-corrected chi connectivity index (χ1v) is 11.2. The molecule has 0 saturated carbocycles. The normalized spacial score (nSPS) is 14.7. The van der Waals surface area contributed by atoms with Gasteiger partial charge in [0, 0.05) is 31.8 Å². The molecule has 0 radical (unpaired) electrons. The number of carbonyl (C=O) groups excluding carboxylic acids is 1. The molecule has 0 atom stereocenters. The molecule has 0 aromatic heterocycles. The van der Waals surface area contributed by atoms with E-state index in [0.717, 1.165) is 31.5 Å². The van der Waals surface area contributed by atoms with Gasteiger partial charge < -0.3 is 28.8 Å². The lowest BCUT2D eigenvalue weighted by atomic mass is 10.1. The van der Waals surface area contributed by atoms with Crippen LogP contribution in [0, 0.1) is 0 Å². The second-order valence-corrected chi connectivity index (χ2v) is 7.94. The highest BCUT2D eigenvalue weighted by Gasteiger charge is 2.21. The van der Waals surface area contributed by atoms with E-state index in [-0.39, 0.29) is 11.9 Å². The second kappa shape index (κ2) is 12.3. The Labute approximate surface area is 200 Å². The average molecular weight is 472 g/mol. The van der Waals surface area contributed by atoms with Crippen LogP contribution >= 0.6 is 0 Å². The van der Waals surface area contributed by atoms with Crippen LogP contribution in [0.4, 0.5) is 0 Å². The lowest BCUT2D eigenvalue weighted by Crippen LogP contribution is -2.38. The van der Waals surface area contributed by atoms with Crippen LogP contribution in [-0.4, -0.2) is 76.6 Å². The Morgan fingerprint density at radius 3 is 2.26 bits per heavy atom. The molecule has 2 aromatic carbocycles. The van der Waals surface area contributed by atoms with E-state index >= 15 is 0 Å². The number of allylic oxidation sites excluding steroid dienone is 1. The largest absolute Gasteiger partial charge is 0.496 e. The van der Waals surface area contributed by atoms with Gasteiger partial charge in [-0.3, -0.25) is 9.69 Å². The Morgan fingerprint density at radius 2 is 1.62 bits per heavy atom. The van der Waals surface area contributed by atoms with Gasteiger partial charge in [-0.25, -0.2) is 0 Å². The summed E-state index contributed by atoms with van der Waals surface area (Å²) in [7, 11) is 6.19. The Balaban J connectivity index is 1.79. The number of ketones is 1. The fourth-order valence-electron chi connectivity index (χ4n) is 3.84. The number of piperidine rings is 1. The third-order valence-corrected chi connectivity index (χ3v) is 5.80. The highest BCUT2D eigenvalue weighted by atomic mass is 16.5. The van der Waals surface area contributed by atoms with Gasteiger partial charge in [-0.05, 0) is 36.6 Å². The van der Waals surface area contributed by atoms with Crippen molar-refractivity contribution in [3.63, 3.8) is 0 Å². The molecule has 8 nitrogen and oxygen atoms in total. The predicted octanol–water partition coefficient (Wildman–Crippen LogP) is 3.45. The summed E-state index contributed by atoms with van der Waals surface area (Å²) >= 11 is 0. The fourth-order valence-corrected chi connectivity index (χ4v) is 3.84. The number of carbonyl (C=O) groups is 1. The molecule has 8 heteroatoms. The number of rotatable bonds is 11. The zero-order chi connectivity index (χ0) is 24.5. The minimum Gasteiger partial charge on any atom is -0.496 e. The van der Waals surface area contributed by atoms with E-state index in [1.165, 1.54) is 13.2 Å². The van der Waals surface area contributed by atoms with Gasteiger partial charge in [0.05, 0.1) is 34.5 Å². The number of methoxy groups -OCH3 is 4. The van der Waals surface area contributed by atoms with Crippen molar-refractivity contribution >= 4 is 11.9 Å². The van der Waals surface area contributed by atoms with Crippen molar-refractivity contribution in [2.75, 3.05) is 54.7 Å². The van der Waals surface area contributed by atoms with Gasteiger partial charge >= 0.3 is 0 Å². The van der Waals surface area contributed by atoms with Crippen molar-refractivity contribution in [1.29, 1.82) is 0 Å². The molecule has 0 aliphatic carbocycles. The van der Waals surface area contributed by atoms with Crippen LogP contribution in [0.1, 0.15) is 28.8 Å². The Morgan fingerprint density at radius 1 is 0.941 bits per heavy atom. The number of likely N-dealkylation sites (tertiary alicyclic amines) is 1. The molecule has 1 heterocycles. The Kier molecular flexibility index (Phi) is 9.18. The molecular formula is C26H33NO7. The smallest absolute Gasteiger partial charge is 0.193 e. The first-order valence-electron chi connectivity index (χ1n) is 11.2. The van der Waals surface area contributed by atoms with Crippen molar-refractivity contribution in [2.24, 2.45) is 0 Å². The number of hydrogen-bond acceptors (Lipinski definition) is 8. The highest BCUT2D eigenvalue weighted by molar-refractivity contribution is 6.10. The zero-order valence-electron chi connectivity index (χ0n) is 20.2. The van der Waals surface area contributed by atoms with Crippen molar-refractivity contribution in [3.05, 3.63) is 47.5 Å². The number of aliphatic hydroxyl groups is 1. The van der Waals surface area contributed by atoms with E-state index < -0.39 is 0 Å². The molecule has 0 unspecified atom stereocenters. The van der Waals surface area contributed by atoms with Crippen molar-refractivity contribution < 1.29 is 33.6 Å². The minimum atomic E-state index is -0.259. The second-order valence-electron chi connectivity index (χ2n) is 7.94. The van der Waals surface area contributed by atoms with Crippen LogP contribution in [0.3, 0.4) is 0 Å². The third kappa shape index (κ3) is 6.42. The quantitative estimate of drug-likeness (QED) is 0.394. The van der Waals surface area contributed by atoms with Gasteiger partial charge in [-0.2, -0.15) is 0 Å². The first kappa shape index (κ1) is 25.4. The molecule has 0 amide bonds. The van der Waals surface area contributed by atoms with Gasteiger partial charge in [-0.15, -0.1) is 0 Å². The number of nitrogens with zero attached hydrogens (tertiary/aromatic N) is 1. The minimum absolute atomic E-state index is 0.221. The molecule has 0 spiro atoms. The highest BCUT2D eigenvalue weighted by Crippen LogP contribution is 2.35. The molecule has 1 saturated heterocycles. The molecular weight excluding hydrogens is 438 g/mol. The fraction of sp³-hybridized carbons (Fsp3) is 0.423. The van der Waals surface area contributed by atoms with E-state index in [4.69, 9.17) is 23.7 Å². The van der Waals surface area contributed by atoms with Gasteiger partial charge in [0.15, 0.2) is 17.3 Å². The van der Waals surface area contributed by atoms with E-state index in [1.807, 2.05) is 6.07 Å². The molecule has 1 aliphatic heterocycles. The van der Waals surface area contributed by atoms with Crippen LogP contribution in [0.25, 0.3) is 6.08 Å². The number of hydrogen-bond donors (Lipinski definition) is 1. The number of benzene rings is 2. The van der Waals surface area contributed by atoms with E-state index in [2.05, 4.69) is 4.90 Å². The lowest BCUT2D eigenvalue weighted by molar-refractivity contribution is 0.0752. The summed E-state index contributed by atoms with van der Waals surface area (Å²) in [6, 6.07) is 8.77. The Hall–Kier alpha value is -3.23. The summed E-state index contributed by atoms with van der Waals surface area (Å²) in [5.41, 5.74) is 1.11. The van der Waals surface area contributed by atoms with Crippen LogP contribution in [0.2, 0.25) is 0 Å². The molecule has 3 rings (SSSR count). The monoisotopic (exact) mass is 471 g/mol. The van der Waals surface area contributed by atoms with Gasteiger partial charge in [0.25, 0.3) is 0 Å². The summed E-state index contributed by atoms with van der Waals surface area (Å²) < 4.78 is 27.5. The zero-order valence-corrected chi connectivity index (χ0v) is 20.2. The number of ether oxygens (including phenoxy) is 5. The third-order valence-electron chi connectivity index (χ3n) is 5.80. The summed E-state index contributed by atoms with van der Waals surface area (Å²) in [6.07, 6.45) is 4.48. The van der Waals surface area contributed by atoms with E-state index in [0.29, 0.717) is 47.5 Å². The predicted molar refractivity (Wildman–Crippen MR) is 130 cm³/mol. The molecule has 184 valence electrons. The van der Waals surface area contributed by atoms with Gasteiger partial charge in [0.1, 0.15) is 29.4 Å². The molecule has 1 fully saturated rings. The number of aliphatic hydroxyl groups excluding tert-OH is 1. The topological polar surface area (TPSA) is 86.7 Å². The van der Waals surface area contributed by atoms with Crippen molar-refractivity contribution in [2.45, 2.75) is 18.9 Å². The summed E-state index contributed by atoms with van der Waals surface area (Å²) in [5, 5.41) is 9.69. The van der Waals surface area contributed by atoms with Crippen molar-refractivity contribution in [1.82, 2.24) is 4.90 Å². The lowest BCUT2D eigenvalue weighted by Gasteiger charge is -2.29. The Bertz CT molecular complexity index is 997. The maximum Gasteiger partial charge on any atom is 0.193 e. The van der Waals surface area contributed by atoms with Crippen LogP contribution in [0.15, 0.2) is 36.4 Å². The average Bonchev–Trinajstić information content (AvgIpc) is 2.87. The molecule has 2 aromatic rings. The van der Waals surface area contributed by atoms with Crippen LogP contribution in [-0.2, 0) is 0 Å². The van der Waals surface area contributed by atoms with Crippen LogP contribution in [0.5, 0.6) is 28.7 Å². The van der Waals surface area contributed by atoms with E-state index in [9.17, 15) is 9.90 Å². The summed E-state index contributed by atoms with van der Waals surface area (Å²) in [6.45, 7) is 2.74. The van der Waals surface area contributed by atoms with Crippen LogP contribution < -0.4 is 23.7 Å².